The Bertz CT molecular complexity index is 789. The fourth-order valence-electron chi connectivity index (χ4n) is 4.17. The number of carbonyl (C=O) groups is 3. The van der Waals surface area contributed by atoms with Gasteiger partial charge >= 0.3 is 6.03 Å². The molecule has 0 saturated carbocycles. The predicted molar refractivity (Wildman–Crippen MR) is 126 cm³/mol. The van der Waals surface area contributed by atoms with Crippen LogP contribution >= 0.6 is 11.6 Å². The zero-order valence-corrected chi connectivity index (χ0v) is 20.4. The fourth-order valence-corrected chi connectivity index (χ4v) is 4.34. The number of halogens is 1. The maximum Gasteiger partial charge on any atom is 0.324 e. The number of likely N-dealkylation sites (tertiary alicyclic amines) is 1. The molecular weight excluding hydrogens is 430 g/mol. The first-order chi connectivity index (χ1) is 15.3. The third-order valence-electron chi connectivity index (χ3n) is 6.03. The minimum Gasteiger partial charge on any atom is -0.338 e. The molecule has 0 spiro atoms. The van der Waals surface area contributed by atoms with E-state index in [1.54, 1.807) is 12.1 Å². The van der Waals surface area contributed by atoms with Gasteiger partial charge in [0, 0.05) is 44.4 Å². The number of pyridine rings is 1. The second-order valence-corrected chi connectivity index (χ2v) is 8.95. The van der Waals surface area contributed by atoms with Crippen molar-refractivity contribution in [3.05, 3.63) is 29.0 Å². The van der Waals surface area contributed by atoms with E-state index in [1.807, 2.05) is 25.9 Å². The monoisotopic (exact) mass is 465 g/mol. The van der Waals surface area contributed by atoms with Crippen molar-refractivity contribution in [3.63, 3.8) is 0 Å². The highest BCUT2D eigenvalue weighted by molar-refractivity contribution is 6.29. The summed E-state index contributed by atoms with van der Waals surface area (Å²) in [6, 6.07) is 2.92. The molecule has 1 saturated heterocycles. The number of hydrogen-bond donors (Lipinski definition) is 1. The summed E-state index contributed by atoms with van der Waals surface area (Å²) in [5.74, 6) is 0.135. The average Bonchev–Trinajstić information content (AvgIpc) is 2.76. The lowest BCUT2D eigenvalue weighted by Gasteiger charge is -2.38. The molecule has 1 aliphatic rings. The minimum absolute atomic E-state index is 0.0650. The number of imide groups is 1. The number of nitrogens with one attached hydrogen (secondary N) is 1. The molecule has 0 radical (unpaired) electrons. The molecule has 1 aliphatic heterocycles. The highest BCUT2D eigenvalue weighted by atomic mass is 35.5. The summed E-state index contributed by atoms with van der Waals surface area (Å²) in [4.78, 5) is 47.4. The van der Waals surface area contributed by atoms with E-state index < -0.39 is 0 Å². The first-order valence-electron chi connectivity index (χ1n) is 11.4. The lowest BCUT2D eigenvalue weighted by atomic mass is 9.81. The van der Waals surface area contributed by atoms with E-state index in [0.29, 0.717) is 43.3 Å². The predicted octanol–water partition coefficient (Wildman–Crippen LogP) is 3.12. The number of aromatic nitrogens is 1. The summed E-state index contributed by atoms with van der Waals surface area (Å²) in [6.45, 7) is 6.82. The summed E-state index contributed by atoms with van der Waals surface area (Å²) in [5.41, 5.74) is 0.525. The first kappa shape index (κ1) is 26.1. The molecule has 4 amide bonds. The van der Waals surface area contributed by atoms with Gasteiger partial charge in [0.1, 0.15) is 5.15 Å². The molecule has 1 fully saturated rings. The maximum atomic E-state index is 12.9. The van der Waals surface area contributed by atoms with Crippen LogP contribution in [0.2, 0.25) is 5.15 Å². The van der Waals surface area contributed by atoms with Crippen molar-refractivity contribution in [2.45, 2.75) is 39.5 Å². The second kappa shape index (κ2) is 12.7. The molecule has 1 aromatic heterocycles. The Morgan fingerprint density at radius 2 is 2.00 bits per heavy atom. The number of urea groups is 1. The van der Waals surface area contributed by atoms with Crippen LogP contribution in [0.3, 0.4) is 0 Å². The minimum atomic E-state index is -0.327. The van der Waals surface area contributed by atoms with Crippen LogP contribution < -0.4 is 5.32 Å². The summed E-state index contributed by atoms with van der Waals surface area (Å²) < 4.78 is 0. The smallest absolute Gasteiger partial charge is 0.324 e. The largest absolute Gasteiger partial charge is 0.338 e. The van der Waals surface area contributed by atoms with Crippen molar-refractivity contribution in [3.8, 4) is 0 Å². The molecule has 9 heteroatoms. The van der Waals surface area contributed by atoms with Gasteiger partial charge < -0.3 is 15.1 Å². The van der Waals surface area contributed by atoms with Crippen LogP contribution in [0, 0.1) is 11.8 Å². The summed E-state index contributed by atoms with van der Waals surface area (Å²) in [6.07, 6.45) is 4.28. The van der Waals surface area contributed by atoms with Crippen molar-refractivity contribution in [2.24, 2.45) is 11.8 Å². The van der Waals surface area contributed by atoms with Crippen LogP contribution in [0.4, 0.5) is 4.79 Å². The van der Waals surface area contributed by atoms with Gasteiger partial charge in [-0.1, -0.05) is 24.9 Å². The summed E-state index contributed by atoms with van der Waals surface area (Å²) in [7, 11) is 3.97. The van der Waals surface area contributed by atoms with E-state index in [-0.39, 0.29) is 29.7 Å². The molecule has 2 heterocycles. The lowest BCUT2D eigenvalue weighted by Crippen LogP contribution is -2.47. The van der Waals surface area contributed by atoms with E-state index in [9.17, 15) is 14.4 Å². The van der Waals surface area contributed by atoms with Crippen LogP contribution in [0.15, 0.2) is 18.3 Å². The number of nitrogens with zero attached hydrogens (tertiary/aromatic N) is 4. The van der Waals surface area contributed by atoms with E-state index in [2.05, 4.69) is 22.1 Å². The normalized spacial score (nSPS) is 18.5. The molecule has 0 unspecified atom stereocenters. The Morgan fingerprint density at radius 3 is 2.62 bits per heavy atom. The molecule has 0 aliphatic carbocycles. The highest BCUT2D eigenvalue weighted by Crippen LogP contribution is 2.30. The van der Waals surface area contributed by atoms with Crippen LogP contribution in [-0.4, -0.2) is 84.3 Å². The first-order valence-corrected chi connectivity index (χ1v) is 11.8. The number of hydrogen-bond acceptors (Lipinski definition) is 5. The van der Waals surface area contributed by atoms with Crippen LogP contribution in [0.5, 0.6) is 0 Å². The van der Waals surface area contributed by atoms with Gasteiger partial charge in [-0.15, -0.1) is 0 Å². The van der Waals surface area contributed by atoms with Gasteiger partial charge in [-0.3, -0.25) is 14.5 Å². The average molecular weight is 466 g/mol. The van der Waals surface area contributed by atoms with Crippen LogP contribution in [0.25, 0.3) is 0 Å². The van der Waals surface area contributed by atoms with E-state index in [0.717, 1.165) is 25.8 Å². The Balaban J connectivity index is 1.92. The molecule has 0 bridgehead atoms. The molecule has 2 rings (SSSR count). The van der Waals surface area contributed by atoms with Gasteiger partial charge in [0.15, 0.2) is 0 Å². The zero-order chi connectivity index (χ0) is 23.7. The van der Waals surface area contributed by atoms with Crippen molar-refractivity contribution in [1.82, 2.24) is 25.0 Å². The molecule has 32 heavy (non-hydrogen) atoms. The van der Waals surface area contributed by atoms with E-state index >= 15 is 0 Å². The standard InChI is InChI=1S/C23H36ClN5O3/c1-5-17-16-28(22(31)19-8-11-25-20(24)14-19)13-9-18(17)15-21(30)29(6-2)23(32)26-10-7-12-27(3)4/h8,11,14,17-18H,5-7,9-10,12-13,15-16H2,1-4H3,(H,26,32)/t17-,18-/m0/s1. The molecule has 0 aromatic carbocycles. The fraction of sp³-hybridized carbons (Fsp3) is 0.652. The molecule has 178 valence electrons. The van der Waals surface area contributed by atoms with Crippen molar-refractivity contribution < 1.29 is 14.4 Å². The van der Waals surface area contributed by atoms with Gasteiger partial charge in [-0.25, -0.2) is 9.78 Å². The SMILES string of the molecule is CC[C@H]1CN(C(=O)c2ccnc(Cl)c2)CC[C@H]1CC(=O)N(CC)C(=O)NCCCN(C)C. The van der Waals surface area contributed by atoms with E-state index in [1.165, 1.54) is 11.1 Å². The van der Waals surface area contributed by atoms with Crippen molar-refractivity contribution >= 4 is 29.4 Å². The quantitative estimate of drug-likeness (QED) is 0.447. The summed E-state index contributed by atoms with van der Waals surface area (Å²) >= 11 is 5.93. The number of piperidine rings is 1. The van der Waals surface area contributed by atoms with Gasteiger partial charge in [0.05, 0.1) is 0 Å². The van der Waals surface area contributed by atoms with Crippen LogP contribution in [0.1, 0.15) is 49.9 Å². The Labute approximate surface area is 196 Å². The van der Waals surface area contributed by atoms with Gasteiger partial charge in [-0.2, -0.15) is 0 Å². The maximum absolute atomic E-state index is 12.9. The Kier molecular flexibility index (Phi) is 10.4. The van der Waals surface area contributed by atoms with Gasteiger partial charge in [0.2, 0.25) is 5.91 Å². The van der Waals surface area contributed by atoms with Crippen molar-refractivity contribution in [1.29, 1.82) is 0 Å². The summed E-state index contributed by atoms with van der Waals surface area (Å²) in [5, 5.41) is 3.14. The molecule has 2 atom stereocenters. The highest BCUT2D eigenvalue weighted by Gasteiger charge is 2.33. The number of rotatable bonds is 9. The third-order valence-corrected chi connectivity index (χ3v) is 6.24. The second-order valence-electron chi connectivity index (χ2n) is 8.57. The van der Waals surface area contributed by atoms with Crippen LogP contribution in [-0.2, 0) is 4.79 Å². The van der Waals surface area contributed by atoms with Gasteiger partial charge in [0.25, 0.3) is 5.91 Å². The number of carbonyl (C=O) groups excluding carboxylic acids is 3. The van der Waals surface area contributed by atoms with E-state index in [4.69, 9.17) is 11.6 Å². The third kappa shape index (κ3) is 7.45. The molecule has 1 aromatic rings. The topological polar surface area (TPSA) is 85.9 Å². The number of amides is 4. The molecular formula is C23H36ClN5O3. The molecule has 8 nitrogen and oxygen atoms in total. The lowest BCUT2D eigenvalue weighted by molar-refractivity contribution is -0.130. The van der Waals surface area contributed by atoms with Gasteiger partial charge in [-0.05, 0) is 64.4 Å². The zero-order valence-electron chi connectivity index (χ0n) is 19.6. The Hall–Kier alpha value is -2.19. The molecule has 1 N–H and O–H groups in total. The Morgan fingerprint density at radius 1 is 1.25 bits per heavy atom. The van der Waals surface area contributed by atoms with Crippen molar-refractivity contribution in [2.75, 3.05) is 46.8 Å².